The lowest BCUT2D eigenvalue weighted by Crippen LogP contribution is -2.50. The summed E-state index contributed by atoms with van der Waals surface area (Å²) in [6.45, 7) is -1.59. The van der Waals surface area contributed by atoms with Gasteiger partial charge in [-0.2, -0.15) is 11.8 Å². The van der Waals surface area contributed by atoms with Crippen LogP contribution in [0.15, 0.2) is 0 Å². The van der Waals surface area contributed by atoms with E-state index >= 15 is 0 Å². The first-order valence-electron chi connectivity index (χ1n) is 5.58. The van der Waals surface area contributed by atoms with Gasteiger partial charge in [0.15, 0.2) is 0 Å². The molecule has 0 aliphatic carbocycles. The van der Waals surface area contributed by atoms with Crippen LogP contribution in [0.1, 0.15) is 6.42 Å². The second-order valence-electron chi connectivity index (χ2n) is 3.68. The first-order valence-corrected chi connectivity index (χ1v) is 6.98. The highest BCUT2D eigenvalue weighted by Crippen LogP contribution is 2.04. The molecule has 1 atom stereocenters. The van der Waals surface area contributed by atoms with Crippen LogP contribution in [0.2, 0.25) is 0 Å². The Labute approximate surface area is 114 Å². The lowest BCUT2D eigenvalue weighted by molar-refractivity contribution is -0.139. The molecule has 0 rings (SSSR count). The Kier molecular flexibility index (Phi) is 9.23. The second kappa shape index (κ2) is 9.79. The number of aliphatic carboxylic acids is 1. The number of urea groups is 1. The number of carboxylic acid groups (broad SMARTS) is 1. The second-order valence-corrected chi connectivity index (χ2v) is 4.67. The highest BCUT2D eigenvalue weighted by atomic mass is 32.2. The number of carboxylic acids is 1. The zero-order valence-corrected chi connectivity index (χ0v) is 11.3. The van der Waals surface area contributed by atoms with Crippen LogP contribution in [-0.4, -0.2) is 71.3 Å². The number of carbonyl (C=O) groups is 2. The number of carbonyl (C=O) groups excluding carboxylic acids is 1. The maximum atomic E-state index is 12.2. The summed E-state index contributed by atoms with van der Waals surface area (Å²) in [5.41, 5.74) is 0. The van der Waals surface area contributed by atoms with Gasteiger partial charge in [-0.25, -0.2) is 18.4 Å². The zero-order valence-electron chi connectivity index (χ0n) is 10.5. The predicted octanol–water partition coefficient (Wildman–Crippen LogP) is 0.462. The van der Waals surface area contributed by atoms with E-state index in [4.69, 9.17) is 10.2 Å². The Morgan fingerprint density at radius 3 is 2.47 bits per heavy atom. The molecule has 2 amide bonds. The van der Waals surface area contributed by atoms with Gasteiger partial charge in [-0.15, -0.1) is 0 Å². The number of alkyl halides is 2. The lowest BCUT2D eigenvalue weighted by atomic mass is 10.2. The van der Waals surface area contributed by atoms with Crippen LogP contribution < -0.4 is 5.32 Å². The predicted molar refractivity (Wildman–Crippen MR) is 67.6 cm³/mol. The fourth-order valence-electron chi connectivity index (χ4n) is 1.30. The molecule has 3 N–H and O–H groups in total. The first kappa shape index (κ1) is 17.9. The van der Waals surface area contributed by atoms with Crippen LogP contribution in [0.3, 0.4) is 0 Å². The SMILES string of the molecule is CSCCC(NC(=O)N(CCO)CC(F)F)C(=O)O. The van der Waals surface area contributed by atoms with E-state index in [2.05, 4.69) is 5.32 Å². The molecule has 0 aromatic rings. The molecule has 0 aromatic heterocycles. The van der Waals surface area contributed by atoms with Gasteiger partial charge in [0.1, 0.15) is 6.04 Å². The normalized spacial score (nSPS) is 12.3. The molecule has 0 saturated heterocycles. The fraction of sp³-hybridized carbons (Fsp3) is 0.800. The minimum absolute atomic E-state index is 0.198. The molecular formula is C10H18F2N2O4S. The molecule has 0 aromatic carbocycles. The largest absolute Gasteiger partial charge is 0.480 e. The topological polar surface area (TPSA) is 89.9 Å². The Hall–Kier alpha value is -1.09. The Bertz CT molecular complexity index is 295. The molecule has 0 bridgehead atoms. The monoisotopic (exact) mass is 300 g/mol. The van der Waals surface area contributed by atoms with E-state index in [0.29, 0.717) is 10.7 Å². The van der Waals surface area contributed by atoms with Crippen molar-refractivity contribution in [3.63, 3.8) is 0 Å². The van der Waals surface area contributed by atoms with Crippen LogP contribution in [0, 0.1) is 0 Å². The molecule has 0 radical (unpaired) electrons. The molecule has 1 unspecified atom stereocenters. The van der Waals surface area contributed by atoms with Gasteiger partial charge in [-0.1, -0.05) is 0 Å². The van der Waals surface area contributed by atoms with Crippen molar-refractivity contribution in [2.24, 2.45) is 0 Å². The third-order valence-corrected chi connectivity index (χ3v) is 2.87. The summed E-state index contributed by atoms with van der Waals surface area (Å²) >= 11 is 1.42. The van der Waals surface area contributed by atoms with Gasteiger partial charge in [0.05, 0.1) is 13.2 Å². The molecular weight excluding hydrogens is 282 g/mol. The summed E-state index contributed by atoms with van der Waals surface area (Å²) in [6.07, 6.45) is -0.758. The number of aliphatic hydroxyl groups excluding tert-OH is 1. The average Bonchev–Trinajstić information content (AvgIpc) is 2.32. The number of hydrogen-bond donors (Lipinski definition) is 3. The third kappa shape index (κ3) is 7.83. The molecule has 0 aliphatic rings. The average molecular weight is 300 g/mol. The van der Waals surface area contributed by atoms with E-state index in [1.165, 1.54) is 11.8 Å². The summed E-state index contributed by atoms with van der Waals surface area (Å²) in [5.74, 6) is -0.699. The van der Waals surface area contributed by atoms with Crippen LogP contribution in [0.4, 0.5) is 13.6 Å². The van der Waals surface area contributed by atoms with Crippen LogP contribution in [0.25, 0.3) is 0 Å². The molecule has 0 saturated carbocycles. The van der Waals surface area contributed by atoms with Gasteiger partial charge < -0.3 is 20.4 Å². The van der Waals surface area contributed by atoms with Gasteiger partial charge in [-0.05, 0) is 18.4 Å². The number of nitrogens with zero attached hydrogens (tertiary/aromatic N) is 1. The number of amides is 2. The van der Waals surface area contributed by atoms with E-state index in [1.54, 1.807) is 6.26 Å². The Morgan fingerprint density at radius 2 is 2.05 bits per heavy atom. The van der Waals surface area contributed by atoms with Crippen LogP contribution in [0.5, 0.6) is 0 Å². The van der Waals surface area contributed by atoms with E-state index in [-0.39, 0.29) is 13.0 Å². The molecule has 9 heteroatoms. The van der Waals surface area contributed by atoms with Crippen LogP contribution in [-0.2, 0) is 4.79 Å². The molecule has 19 heavy (non-hydrogen) atoms. The maximum absolute atomic E-state index is 12.2. The number of halogens is 2. The number of hydrogen-bond acceptors (Lipinski definition) is 4. The molecule has 0 heterocycles. The fourth-order valence-corrected chi connectivity index (χ4v) is 1.77. The Balaban J connectivity index is 4.51. The van der Waals surface area contributed by atoms with E-state index in [1.807, 2.05) is 0 Å². The summed E-state index contributed by atoms with van der Waals surface area (Å²) in [7, 11) is 0. The molecule has 0 aliphatic heterocycles. The molecule has 112 valence electrons. The smallest absolute Gasteiger partial charge is 0.326 e. The maximum Gasteiger partial charge on any atom is 0.326 e. The van der Waals surface area contributed by atoms with Crippen molar-refractivity contribution < 1.29 is 28.6 Å². The van der Waals surface area contributed by atoms with Gasteiger partial charge >= 0.3 is 12.0 Å². The summed E-state index contributed by atoms with van der Waals surface area (Å²) in [6, 6.07) is -2.04. The zero-order chi connectivity index (χ0) is 14.8. The minimum Gasteiger partial charge on any atom is -0.480 e. The van der Waals surface area contributed by atoms with Gasteiger partial charge in [0.2, 0.25) is 0 Å². The van der Waals surface area contributed by atoms with Gasteiger partial charge in [0, 0.05) is 6.54 Å². The standard InChI is InChI=1S/C10H18F2N2O4S/c1-19-5-2-7(9(16)17)13-10(18)14(3-4-15)6-8(11)12/h7-8,15H,2-6H2,1H3,(H,13,18)(H,16,17). The first-order chi connectivity index (χ1) is 8.92. The number of aliphatic hydroxyl groups is 1. The van der Waals surface area contributed by atoms with Crippen molar-refractivity contribution >= 4 is 23.8 Å². The van der Waals surface area contributed by atoms with Crippen molar-refractivity contribution in [2.45, 2.75) is 18.9 Å². The summed E-state index contributed by atoms with van der Waals surface area (Å²) < 4.78 is 24.5. The van der Waals surface area contributed by atoms with Crippen molar-refractivity contribution in [3.8, 4) is 0 Å². The summed E-state index contributed by atoms with van der Waals surface area (Å²) in [5, 5.41) is 19.8. The number of nitrogens with one attached hydrogen (secondary N) is 1. The van der Waals surface area contributed by atoms with E-state index in [0.717, 1.165) is 0 Å². The molecule has 6 nitrogen and oxygen atoms in total. The Morgan fingerprint density at radius 1 is 1.42 bits per heavy atom. The third-order valence-electron chi connectivity index (χ3n) is 2.22. The van der Waals surface area contributed by atoms with Crippen molar-refractivity contribution in [3.05, 3.63) is 0 Å². The van der Waals surface area contributed by atoms with Crippen molar-refractivity contribution in [1.82, 2.24) is 10.2 Å². The van der Waals surface area contributed by atoms with Gasteiger partial charge in [-0.3, -0.25) is 0 Å². The number of rotatable bonds is 9. The van der Waals surface area contributed by atoms with Crippen LogP contribution >= 0.6 is 11.8 Å². The highest BCUT2D eigenvalue weighted by molar-refractivity contribution is 7.98. The van der Waals surface area contributed by atoms with Crippen molar-refractivity contribution in [2.75, 3.05) is 31.7 Å². The number of thioether (sulfide) groups is 1. The van der Waals surface area contributed by atoms with Gasteiger partial charge in [0.25, 0.3) is 6.43 Å². The van der Waals surface area contributed by atoms with Crippen molar-refractivity contribution in [1.29, 1.82) is 0 Å². The molecule has 0 fully saturated rings. The quantitative estimate of drug-likeness (QED) is 0.575. The van der Waals surface area contributed by atoms with E-state index in [9.17, 15) is 18.4 Å². The highest BCUT2D eigenvalue weighted by Gasteiger charge is 2.24. The molecule has 0 spiro atoms. The lowest BCUT2D eigenvalue weighted by Gasteiger charge is -2.24. The van der Waals surface area contributed by atoms with E-state index < -0.39 is 37.6 Å². The minimum atomic E-state index is -2.74. The summed E-state index contributed by atoms with van der Waals surface area (Å²) in [4.78, 5) is 23.2.